The second-order valence-electron chi connectivity index (χ2n) is 7.64. The van der Waals surface area contributed by atoms with Gasteiger partial charge in [-0.25, -0.2) is 8.42 Å². The normalized spacial score (nSPS) is 15.1. The Kier molecular flexibility index (Phi) is 9.44. The van der Waals surface area contributed by atoms with Gasteiger partial charge in [-0.2, -0.15) is 4.31 Å². The van der Waals surface area contributed by atoms with E-state index in [-0.39, 0.29) is 29.2 Å². The smallest absolute Gasteiger partial charge is 0.272 e. The molecule has 0 unspecified atom stereocenters. The molecule has 0 saturated carbocycles. The van der Waals surface area contributed by atoms with Crippen LogP contribution in [0.25, 0.3) is 0 Å². The SMILES string of the molecule is C#Cc1cc([N+](=O)[O-])cc(S(=O)(=O)N2CCN(Cc3ccncc3)CC2)c1N(CCBr)CCBr. The number of halogens is 2. The highest BCUT2D eigenvalue weighted by Crippen LogP contribution is 2.36. The first-order valence-electron chi connectivity index (χ1n) is 10.6. The van der Waals surface area contributed by atoms with Crippen LogP contribution < -0.4 is 4.90 Å². The summed E-state index contributed by atoms with van der Waals surface area (Å²) >= 11 is 6.80. The van der Waals surface area contributed by atoms with Crippen molar-refractivity contribution in [1.82, 2.24) is 14.2 Å². The van der Waals surface area contributed by atoms with Gasteiger partial charge in [0.05, 0.1) is 16.2 Å². The fourth-order valence-electron chi connectivity index (χ4n) is 3.88. The molecule has 1 aromatic heterocycles. The number of hydrogen-bond donors (Lipinski definition) is 0. The third-order valence-electron chi connectivity index (χ3n) is 5.56. The highest BCUT2D eigenvalue weighted by molar-refractivity contribution is 9.09. The molecule has 2 aromatic rings. The number of sulfonamides is 1. The van der Waals surface area contributed by atoms with E-state index in [0.29, 0.717) is 49.1 Å². The molecule has 1 saturated heterocycles. The Labute approximate surface area is 216 Å². The average molecular weight is 615 g/mol. The Hall–Kier alpha value is -2.04. The van der Waals surface area contributed by atoms with Crippen molar-refractivity contribution >= 4 is 53.3 Å². The van der Waals surface area contributed by atoms with E-state index < -0.39 is 14.9 Å². The highest BCUT2D eigenvalue weighted by atomic mass is 79.9. The summed E-state index contributed by atoms with van der Waals surface area (Å²) in [5.41, 5.74) is 1.27. The maximum atomic E-state index is 13.8. The van der Waals surface area contributed by atoms with Gasteiger partial charge in [0.1, 0.15) is 4.90 Å². The number of nitro groups is 1. The first kappa shape index (κ1) is 26.6. The summed E-state index contributed by atoms with van der Waals surface area (Å²) in [5.74, 6) is 2.46. The molecule has 1 aliphatic heterocycles. The van der Waals surface area contributed by atoms with Crippen LogP contribution in [0.2, 0.25) is 0 Å². The van der Waals surface area contributed by atoms with Crippen LogP contribution in [-0.4, -0.2) is 77.5 Å². The van der Waals surface area contributed by atoms with Crippen LogP contribution in [0.1, 0.15) is 11.1 Å². The van der Waals surface area contributed by atoms with E-state index in [1.165, 1.54) is 10.4 Å². The number of anilines is 1. The maximum Gasteiger partial charge on any atom is 0.272 e. The Bertz CT molecular complexity index is 1140. The highest BCUT2D eigenvalue weighted by Gasteiger charge is 2.34. The molecule has 0 spiro atoms. The standard InChI is InChI=1S/C22H25Br2N5O4S/c1-2-19-15-20(29(30)31)16-21(22(19)27(9-5-23)10-6-24)34(32,33)28-13-11-26(12-14-28)17-18-3-7-25-8-4-18/h1,3-4,7-8,15-16H,5-6,9-14,17H2. The van der Waals surface area contributed by atoms with Crippen molar-refractivity contribution in [1.29, 1.82) is 0 Å². The number of non-ortho nitro benzene ring substituents is 1. The molecular weight excluding hydrogens is 590 g/mol. The van der Waals surface area contributed by atoms with Crippen molar-refractivity contribution in [2.75, 3.05) is 54.8 Å². The van der Waals surface area contributed by atoms with Gasteiger partial charge >= 0.3 is 0 Å². The molecule has 34 heavy (non-hydrogen) atoms. The number of nitrogens with zero attached hydrogens (tertiary/aromatic N) is 5. The molecule has 1 aliphatic rings. The van der Waals surface area contributed by atoms with Gasteiger partial charge in [0.2, 0.25) is 10.0 Å². The van der Waals surface area contributed by atoms with Crippen molar-refractivity contribution < 1.29 is 13.3 Å². The van der Waals surface area contributed by atoms with E-state index >= 15 is 0 Å². The molecule has 0 atom stereocenters. The number of nitro benzene ring substituents is 1. The molecule has 182 valence electrons. The van der Waals surface area contributed by atoms with Gasteiger partial charge in [-0.3, -0.25) is 20.0 Å². The van der Waals surface area contributed by atoms with Gasteiger partial charge in [0.15, 0.2) is 0 Å². The minimum absolute atomic E-state index is 0.126. The molecule has 0 amide bonds. The van der Waals surface area contributed by atoms with Gasteiger partial charge in [-0.1, -0.05) is 37.8 Å². The van der Waals surface area contributed by atoms with E-state index in [2.05, 4.69) is 47.7 Å². The van der Waals surface area contributed by atoms with Crippen molar-refractivity contribution in [3.8, 4) is 12.3 Å². The summed E-state index contributed by atoms with van der Waals surface area (Å²) in [6.07, 6.45) is 9.15. The molecule has 9 nitrogen and oxygen atoms in total. The summed E-state index contributed by atoms with van der Waals surface area (Å²) in [7, 11) is -4.03. The van der Waals surface area contributed by atoms with Gasteiger partial charge in [0.25, 0.3) is 5.69 Å². The number of piperazine rings is 1. The van der Waals surface area contributed by atoms with Gasteiger partial charge in [-0.05, 0) is 17.7 Å². The molecule has 0 aliphatic carbocycles. The fraction of sp³-hybridized carbons (Fsp3) is 0.409. The van der Waals surface area contributed by atoms with E-state index in [0.717, 1.165) is 11.6 Å². The van der Waals surface area contributed by atoms with Gasteiger partial charge in [0, 0.05) is 81.0 Å². The lowest BCUT2D eigenvalue weighted by Gasteiger charge is -2.35. The van der Waals surface area contributed by atoms with E-state index in [9.17, 15) is 18.5 Å². The summed E-state index contributed by atoms with van der Waals surface area (Å²) in [4.78, 5) is 18.9. The Morgan fingerprint density at radius 3 is 2.26 bits per heavy atom. The first-order chi connectivity index (χ1) is 16.3. The molecule has 1 aromatic carbocycles. The molecule has 3 rings (SSSR count). The molecule has 0 radical (unpaired) electrons. The lowest BCUT2D eigenvalue weighted by Crippen LogP contribution is -2.48. The number of hydrogen-bond acceptors (Lipinski definition) is 7. The molecule has 0 N–H and O–H groups in total. The second kappa shape index (κ2) is 12.1. The Morgan fingerprint density at radius 2 is 1.74 bits per heavy atom. The zero-order valence-corrected chi connectivity index (χ0v) is 22.4. The second-order valence-corrected chi connectivity index (χ2v) is 11.1. The molecule has 1 fully saturated rings. The number of aromatic nitrogens is 1. The van der Waals surface area contributed by atoms with E-state index in [4.69, 9.17) is 6.42 Å². The summed E-state index contributed by atoms with van der Waals surface area (Å²) in [6.45, 7) is 3.31. The van der Waals surface area contributed by atoms with Crippen LogP contribution in [0.5, 0.6) is 0 Å². The van der Waals surface area contributed by atoms with Crippen LogP contribution in [-0.2, 0) is 16.6 Å². The number of benzene rings is 1. The predicted octanol–water partition coefficient (Wildman–Crippen LogP) is 3.07. The van der Waals surface area contributed by atoms with Crippen molar-refractivity contribution in [3.63, 3.8) is 0 Å². The number of pyridine rings is 1. The fourth-order valence-corrected chi connectivity index (χ4v) is 6.42. The largest absolute Gasteiger partial charge is 0.368 e. The lowest BCUT2D eigenvalue weighted by atomic mass is 10.1. The monoisotopic (exact) mass is 613 g/mol. The number of alkyl halides is 2. The molecule has 0 bridgehead atoms. The summed E-state index contributed by atoms with van der Waals surface area (Å²) in [5, 5.41) is 12.7. The summed E-state index contributed by atoms with van der Waals surface area (Å²) < 4.78 is 29.0. The molecular formula is C22H25Br2N5O4S. The minimum atomic E-state index is -4.03. The quantitative estimate of drug-likeness (QED) is 0.175. The zero-order chi connectivity index (χ0) is 24.7. The molecule has 12 heteroatoms. The van der Waals surface area contributed by atoms with Crippen molar-refractivity contribution in [2.24, 2.45) is 0 Å². The van der Waals surface area contributed by atoms with Crippen LogP contribution in [0.3, 0.4) is 0 Å². The average Bonchev–Trinajstić information content (AvgIpc) is 2.84. The van der Waals surface area contributed by atoms with Crippen LogP contribution in [0, 0.1) is 22.5 Å². The Morgan fingerprint density at radius 1 is 1.12 bits per heavy atom. The predicted molar refractivity (Wildman–Crippen MR) is 139 cm³/mol. The van der Waals surface area contributed by atoms with Crippen molar-refractivity contribution in [3.05, 3.63) is 57.9 Å². The minimum Gasteiger partial charge on any atom is -0.368 e. The maximum absolute atomic E-state index is 13.8. The third-order valence-corrected chi connectivity index (χ3v) is 8.18. The first-order valence-corrected chi connectivity index (χ1v) is 14.3. The van der Waals surface area contributed by atoms with Gasteiger partial charge in [-0.15, -0.1) is 6.42 Å². The van der Waals surface area contributed by atoms with Crippen molar-refractivity contribution in [2.45, 2.75) is 11.4 Å². The summed E-state index contributed by atoms with van der Waals surface area (Å²) in [6, 6.07) is 6.26. The van der Waals surface area contributed by atoms with Crippen LogP contribution >= 0.6 is 31.9 Å². The van der Waals surface area contributed by atoms with Gasteiger partial charge < -0.3 is 4.90 Å². The Balaban J connectivity index is 1.95. The lowest BCUT2D eigenvalue weighted by molar-refractivity contribution is -0.385. The van der Waals surface area contributed by atoms with E-state index in [1.54, 1.807) is 12.4 Å². The zero-order valence-electron chi connectivity index (χ0n) is 18.4. The molecule has 2 heterocycles. The topological polar surface area (TPSA) is 99.9 Å². The van der Waals surface area contributed by atoms with Crippen LogP contribution in [0.4, 0.5) is 11.4 Å². The number of terminal acetylenes is 1. The third kappa shape index (κ3) is 6.14. The van der Waals surface area contributed by atoms with Crippen LogP contribution in [0.15, 0.2) is 41.6 Å². The van der Waals surface area contributed by atoms with E-state index in [1.807, 2.05) is 17.0 Å². The number of rotatable bonds is 10.